The second-order valence-electron chi connectivity index (χ2n) is 1.42. The van der Waals surface area contributed by atoms with Gasteiger partial charge in [0, 0.05) is 4.92 Å². The van der Waals surface area contributed by atoms with Crippen molar-refractivity contribution in [3.63, 3.8) is 0 Å². The molecule has 1 atom stereocenters. The average molecular weight is 263 g/mol. The number of alkyl halides is 2. The normalized spacial score (nSPS) is 13.8. The summed E-state index contributed by atoms with van der Waals surface area (Å²) in [6, 6.07) is 0. The topological polar surface area (TPSA) is 63.4 Å². The van der Waals surface area contributed by atoms with Gasteiger partial charge in [0.15, 0.2) is 0 Å². The third-order valence-corrected chi connectivity index (χ3v) is 1.85. The number of nitrogens with zero attached hydrogens (tertiary/aromatic N) is 1. The van der Waals surface area contributed by atoms with Crippen molar-refractivity contribution in [2.24, 2.45) is 0 Å². The van der Waals surface area contributed by atoms with E-state index in [2.05, 4.69) is 31.9 Å². The molecular weight excluding hydrogens is 258 g/mol. The summed E-state index contributed by atoms with van der Waals surface area (Å²) in [4.78, 5) is 9.15. The first kappa shape index (κ1) is 9.32. The molecule has 0 saturated carbocycles. The highest BCUT2D eigenvalue weighted by Gasteiger charge is 2.17. The monoisotopic (exact) mass is 261 g/mol. The van der Waals surface area contributed by atoms with Gasteiger partial charge in [-0.25, -0.2) is 0 Å². The Morgan fingerprint density at radius 3 is 2.22 bits per heavy atom. The van der Waals surface area contributed by atoms with Crippen LogP contribution in [0.5, 0.6) is 0 Å². The standard InChI is InChI=1S/C3H5Br2NO3/c4-3(5)2(7)1-6(8)9/h2-3,7H,1H2. The molecule has 0 spiro atoms. The van der Waals surface area contributed by atoms with Gasteiger partial charge in [0.25, 0.3) is 0 Å². The number of rotatable bonds is 3. The Bertz CT molecular complexity index is 107. The zero-order valence-electron chi connectivity index (χ0n) is 4.33. The van der Waals surface area contributed by atoms with E-state index < -0.39 is 21.3 Å². The van der Waals surface area contributed by atoms with Crippen molar-refractivity contribution in [3.8, 4) is 0 Å². The lowest BCUT2D eigenvalue weighted by molar-refractivity contribution is -0.489. The van der Waals surface area contributed by atoms with Gasteiger partial charge in [-0.15, -0.1) is 0 Å². The Balaban J connectivity index is 3.50. The van der Waals surface area contributed by atoms with E-state index in [9.17, 15) is 10.1 Å². The Morgan fingerprint density at radius 2 is 2.11 bits per heavy atom. The van der Waals surface area contributed by atoms with E-state index in [0.717, 1.165) is 0 Å². The summed E-state index contributed by atoms with van der Waals surface area (Å²) in [5.74, 6) is 0. The van der Waals surface area contributed by atoms with E-state index in [-0.39, 0.29) is 0 Å². The molecule has 0 saturated heterocycles. The fraction of sp³-hybridized carbons (Fsp3) is 1.00. The molecule has 0 fully saturated rings. The first-order valence-corrected chi connectivity index (χ1v) is 3.95. The van der Waals surface area contributed by atoms with Gasteiger partial charge in [-0.2, -0.15) is 0 Å². The van der Waals surface area contributed by atoms with E-state index in [4.69, 9.17) is 5.11 Å². The second-order valence-corrected chi connectivity index (χ2v) is 4.62. The molecule has 4 nitrogen and oxygen atoms in total. The van der Waals surface area contributed by atoms with Crippen LogP contribution in [0.3, 0.4) is 0 Å². The van der Waals surface area contributed by atoms with E-state index in [1.54, 1.807) is 0 Å². The van der Waals surface area contributed by atoms with Gasteiger partial charge in [0.2, 0.25) is 6.54 Å². The smallest absolute Gasteiger partial charge is 0.231 e. The largest absolute Gasteiger partial charge is 0.384 e. The van der Waals surface area contributed by atoms with Crippen molar-refractivity contribution in [3.05, 3.63) is 10.1 Å². The summed E-state index contributed by atoms with van der Waals surface area (Å²) in [6.07, 6.45) is -0.972. The first-order valence-electron chi connectivity index (χ1n) is 2.12. The minimum absolute atomic E-state index is 0.407. The van der Waals surface area contributed by atoms with Gasteiger partial charge >= 0.3 is 0 Å². The summed E-state index contributed by atoms with van der Waals surface area (Å²) in [5.41, 5.74) is 0. The lowest BCUT2D eigenvalue weighted by Crippen LogP contribution is -2.24. The maximum absolute atomic E-state index is 9.72. The highest BCUT2D eigenvalue weighted by atomic mass is 79.9. The zero-order chi connectivity index (χ0) is 7.44. The minimum atomic E-state index is -0.972. The molecule has 0 aromatic rings. The van der Waals surface area contributed by atoms with Gasteiger partial charge in [-0.05, 0) is 0 Å². The van der Waals surface area contributed by atoms with Crippen LogP contribution in [0.15, 0.2) is 0 Å². The first-order chi connectivity index (χ1) is 4.04. The summed E-state index contributed by atoms with van der Waals surface area (Å²) >= 11 is 5.86. The lowest BCUT2D eigenvalue weighted by Gasteiger charge is -2.04. The number of nitro groups is 1. The van der Waals surface area contributed by atoms with Crippen molar-refractivity contribution in [1.82, 2.24) is 0 Å². The maximum Gasteiger partial charge on any atom is 0.231 e. The average Bonchev–Trinajstić information content (AvgIpc) is 1.63. The molecule has 54 valence electrons. The molecule has 0 aromatic carbocycles. The summed E-state index contributed by atoms with van der Waals surface area (Å²) < 4.78 is -0.407. The molecule has 0 bridgehead atoms. The number of hydrogen-bond donors (Lipinski definition) is 1. The van der Waals surface area contributed by atoms with Gasteiger partial charge in [-0.1, -0.05) is 31.9 Å². The fourth-order valence-electron chi connectivity index (χ4n) is 0.232. The molecule has 0 rings (SSSR count). The van der Waals surface area contributed by atoms with Gasteiger partial charge in [0.1, 0.15) is 9.84 Å². The highest BCUT2D eigenvalue weighted by molar-refractivity contribution is 9.24. The zero-order valence-corrected chi connectivity index (χ0v) is 7.50. The van der Waals surface area contributed by atoms with E-state index in [0.29, 0.717) is 0 Å². The van der Waals surface area contributed by atoms with Crippen molar-refractivity contribution in [2.45, 2.75) is 9.84 Å². The van der Waals surface area contributed by atoms with Gasteiger partial charge < -0.3 is 5.11 Å². The predicted octanol–water partition coefficient (Wildman–Crippen LogP) is 0.740. The SMILES string of the molecule is O=[N+]([O-])CC(O)C(Br)Br. The predicted molar refractivity (Wildman–Crippen MR) is 39.5 cm³/mol. The Morgan fingerprint density at radius 1 is 1.67 bits per heavy atom. The highest BCUT2D eigenvalue weighted by Crippen LogP contribution is 2.12. The van der Waals surface area contributed by atoms with Crippen LogP contribution >= 0.6 is 31.9 Å². The molecular formula is C3H5Br2NO3. The molecule has 0 heterocycles. The van der Waals surface area contributed by atoms with E-state index in [1.165, 1.54) is 0 Å². The molecule has 0 aliphatic rings. The van der Waals surface area contributed by atoms with E-state index >= 15 is 0 Å². The molecule has 0 aliphatic carbocycles. The van der Waals surface area contributed by atoms with Crippen LogP contribution in [-0.4, -0.2) is 26.4 Å². The van der Waals surface area contributed by atoms with Crippen molar-refractivity contribution < 1.29 is 10.0 Å². The fourth-order valence-corrected chi connectivity index (χ4v) is 0.567. The number of halogens is 2. The Labute approximate surface area is 68.7 Å². The quantitative estimate of drug-likeness (QED) is 0.464. The maximum atomic E-state index is 9.72. The third kappa shape index (κ3) is 4.80. The van der Waals surface area contributed by atoms with Crippen LogP contribution in [0, 0.1) is 10.1 Å². The Kier molecular flexibility index (Phi) is 4.33. The summed E-state index contributed by atoms with van der Waals surface area (Å²) in [7, 11) is 0. The molecule has 0 amide bonds. The third-order valence-electron chi connectivity index (χ3n) is 0.627. The number of aliphatic hydroxyl groups is 1. The molecule has 1 N–H and O–H groups in total. The van der Waals surface area contributed by atoms with Crippen LogP contribution in [0.4, 0.5) is 0 Å². The molecule has 0 aromatic heterocycles. The second kappa shape index (κ2) is 4.19. The summed E-state index contributed by atoms with van der Waals surface area (Å²) in [5, 5.41) is 18.5. The molecule has 6 heteroatoms. The van der Waals surface area contributed by atoms with Crippen molar-refractivity contribution in [1.29, 1.82) is 0 Å². The van der Waals surface area contributed by atoms with Crippen LogP contribution in [0.25, 0.3) is 0 Å². The van der Waals surface area contributed by atoms with Crippen LogP contribution in [-0.2, 0) is 0 Å². The number of aliphatic hydroxyl groups excluding tert-OH is 1. The van der Waals surface area contributed by atoms with Crippen LogP contribution in [0.1, 0.15) is 0 Å². The van der Waals surface area contributed by atoms with Crippen molar-refractivity contribution >= 4 is 31.9 Å². The molecule has 1 unspecified atom stereocenters. The molecule has 9 heavy (non-hydrogen) atoms. The molecule has 0 aliphatic heterocycles. The lowest BCUT2D eigenvalue weighted by atomic mass is 10.4. The van der Waals surface area contributed by atoms with Crippen molar-refractivity contribution in [2.75, 3.05) is 6.54 Å². The van der Waals surface area contributed by atoms with Gasteiger partial charge in [0.05, 0.1) is 0 Å². The Hall–Kier alpha value is 0.320. The number of hydrogen-bond acceptors (Lipinski definition) is 3. The summed E-state index contributed by atoms with van der Waals surface area (Å²) in [6.45, 7) is -0.443. The van der Waals surface area contributed by atoms with Gasteiger partial charge in [-0.3, -0.25) is 10.1 Å². The van der Waals surface area contributed by atoms with Crippen LogP contribution in [0.2, 0.25) is 0 Å². The minimum Gasteiger partial charge on any atom is -0.384 e. The van der Waals surface area contributed by atoms with E-state index in [1.807, 2.05) is 0 Å². The van der Waals surface area contributed by atoms with Crippen LogP contribution < -0.4 is 0 Å². The molecule has 0 radical (unpaired) electrons.